The maximum absolute atomic E-state index is 14.1. The highest BCUT2D eigenvalue weighted by atomic mass is 35.5. The zero-order valence-corrected chi connectivity index (χ0v) is 14.9. The molecule has 0 saturated carbocycles. The fraction of sp³-hybridized carbons (Fsp3) is 0.278. The van der Waals surface area contributed by atoms with Crippen molar-refractivity contribution in [3.8, 4) is 0 Å². The Hall–Kier alpha value is -2.58. The number of benzene rings is 1. The summed E-state index contributed by atoms with van der Waals surface area (Å²) >= 11 is 5.77. The predicted octanol–water partition coefficient (Wildman–Crippen LogP) is 3.25. The molecule has 9 heteroatoms. The van der Waals surface area contributed by atoms with Crippen molar-refractivity contribution in [3.63, 3.8) is 0 Å². The second kappa shape index (κ2) is 5.97. The van der Waals surface area contributed by atoms with Crippen molar-refractivity contribution < 1.29 is 8.78 Å². The summed E-state index contributed by atoms with van der Waals surface area (Å²) in [6.07, 6.45) is 2.55. The fourth-order valence-corrected chi connectivity index (χ4v) is 3.70. The highest BCUT2D eigenvalue weighted by Crippen LogP contribution is 2.34. The number of nitrogens with zero attached hydrogens (tertiary/aromatic N) is 4. The fourth-order valence-electron chi connectivity index (χ4n) is 3.54. The van der Waals surface area contributed by atoms with E-state index in [9.17, 15) is 8.78 Å². The molecule has 0 bridgehead atoms. The first-order chi connectivity index (χ1) is 13.0. The summed E-state index contributed by atoms with van der Waals surface area (Å²) in [4.78, 5) is 15.2. The van der Waals surface area contributed by atoms with Crippen molar-refractivity contribution in [1.82, 2.24) is 20.3 Å². The molecular weight excluding hydrogens is 374 g/mol. The van der Waals surface area contributed by atoms with E-state index in [2.05, 4.69) is 30.5 Å². The zero-order valence-electron chi connectivity index (χ0n) is 14.1. The standard InChI is InChI=1S/C18H15ClF2N6/c19-10-5-14(12(21)6-11(10)20)25-17-16-13(22-9-23-17)1-2-15(26-16)27-7-18(8-27)3-4-24-18/h1-2,5-6,9,24H,3-4,7-8H2,(H,22,23,25). The molecule has 0 aliphatic carbocycles. The summed E-state index contributed by atoms with van der Waals surface area (Å²) in [7, 11) is 0. The van der Waals surface area contributed by atoms with E-state index in [4.69, 9.17) is 11.6 Å². The largest absolute Gasteiger partial charge is 0.353 e. The number of hydrogen-bond acceptors (Lipinski definition) is 6. The van der Waals surface area contributed by atoms with Crippen LogP contribution in [-0.2, 0) is 0 Å². The second-order valence-corrected chi connectivity index (χ2v) is 7.35. The molecule has 0 radical (unpaired) electrons. The number of fused-ring (bicyclic) bond motifs is 1. The summed E-state index contributed by atoms with van der Waals surface area (Å²) in [5.74, 6) is -0.428. The molecule has 0 amide bonds. The maximum Gasteiger partial charge on any atom is 0.160 e. The molecule has 2 aromatic heterocycles. The van der Waals surface area contributed by atoms with Crippen molar-refractivity contribution in [3.05, 3.63) is 47.2 Å². The third-order valence-electron chi connectivity index (χ3n) is 5.14. The highest BCUT2D eigenvalue weighted by Gasteiger charge is 2.47. The lowest BCUT2D eigenvalue weighted by atomic mass is 9.80. The molecule has 2 saturated heterocycles. The summed E-state index contributed by atoms with van der Waals surface area (Å²) < 4.78 is 27.5. The number of hydrogen-bond donors (Lipinski definition) is 2. The van der Waals surface area contributed by atoms with Gasteiger partial charge in [-0.25, -0.2) is 23.7 Å². The third-order valence-corrected chi connectivity index (χ3v) is 5.43. The predicted molar refractivity (Wildman–Crippen MR) is 99.5 cm³/mol. The van der Waals surface area contributed by atoms with E-state index in [1.54, 1.807) is 0 Å². The van der Waals surface area contributed by atoms with Gasteiger partial charge in [-0.2, -0.15) is 0 Å². The lowest BCUT2D eigenvalue weighted by Crippen LogP contribution is -2.76. The van der Waals surface area contributed by atoms with Crippen LogP contribution in [-0.4, -0.2) is 40.1 Å². The van der Waals surface area contributed by atoms with Gasteiger partial charge in [0.25, 0.3) is 0 Å². The molecule has 6 nitrogen and oxygen atoms in total. The van der Waals surface area contributed by atoms with Crippen LogP contribution in [0.3, 0.4) is 0 Å². The van der Waals surface area contributed by atoms with E-state index in [-0.39, 0.29) is 16.2 Å². The molecule has 4 heterocycles. The molecule has 2 aliphatic heterocycles. The lowest BCUT2D eigenvalue weighted by molar-refractivity contribution is 0.159. The van der Waals surface area contributed by atoms with E-state index in [0.717, 1.165) is 31.5 Å². The minimum atomic E-state index is -0.816. The van der Waals surface area contributed by atoms with Gasteiger partial charge in [-0.1, -0.05) is 11.6 Å². The van der Waals surface area contributed by atoms with Crippen LogP contribution >= 0.6 is 11.6 Å². The molecule has 0 atom stereocenters. The molecule has 2 N–H and O–H groups in total. The quantitative estimate of drug-likeness (QED) is 0.671. The Kier molecular flexibility index (Phi) is 3.66. The topological polar surface area (TPSA) is 66.0 Å². The monoisotopic (exact) mass is 388 g/mol. The molecule has 1 spiro atoms. The zero-order chi connectivity index (χ0) is 18.6. The third kappa shape index (κ3) is 2.76. The minimum Gasteiger partial charge on any atom is -0.353 e. The lowest BCUT2D eigenvalue weighted by Gasteiger charge is -2.56. The van der Waals surface area contributed by atoms with Gasteiger partial charge < -0.3 is 15.5 Å². The molecule has 27 heavy (non-hydrogen) atoms. The highest BCUT2D eigenvalue weighted by molar-refractivity contribution is 6.31. The molecule has 0 unspecified atom stereocenters. The van der Waals surface area contributed by atoms with E-state index in [0.29, 0.717) is 16.9 Å². The van der Waals surface area contributed by atoms with E-state index in [1.807, 2.05) is 12.1 Å². The SMILES string of the molecule is Fc1cc(F)c(Nc2ncnc3ccc(N4CC5(CCN5)C4)nc23)cc1Cl. The first kappa shape index (κ1) is 16.6. The van der Waals surface area contributed by atoms with Crippen LogP contribution in [0.1, 0.15) is 6.42 Å². The summed E-state index contributed by atoms with van der Waals surface area (Å²) in [6.45, 7) is 2.88. The minimum absolute atomic E-state index is 0.0233. The maximum atomic E-state index is 14.1. The molecular formula is C18H15ClF2N6. The number of aromatic nitrogens is 3. The van der Waals surface area contributed by atoms with E-state index >= 15 is 0 Å². The Bertz CT molecular complexity index is 1050. The van der Waals surface area contributed by atoms with Crippen molar-refractivity contribution in [2.75, 3.05) is 29.9 Å². The molecule has 1 aromatic carbocycles. The van der Waals surface area contributed by atoms with E-state index in [1.165, 1.54) is 18.8 Å². The summed E-state index contributed by atoms with van der Waals surface area (Å²) in [6, 6.07) is 5.70. The average Bonchev–Trinajstić information content (AvgIpc) is 2.57. The van der Waals surface area contributed by atoms with Crippen molar-refractivity contribution in [1.29, 1.82) is 0 Å². The second-order valence-electron chi connectivity index (χ2n) is 6.94. The van der Waals surface area contributed by atoms with Gasteiger partial charge in [0.15, 0.2) is 5.82 Å². The number of halogens is 3. The molecule has 5 rings (SSSR count). The van der Waals surface area contributed by atoms with Crippen molar-refractivity contribution in [2.24, 2.45) is 0 Å². The Morgan fingerprint density at radius 2 is 1.96 bits per heavy atom. The van der Waals surface area contributed by atoms with Crippen LogP contribution in [0.4, 0.5) is 26.1 Å². The van der Waals surface area contributed by atoms with Gasteiger partial charge in [0.1, 0.15) is 29.3 Å². The van der Waals surface area contributed by atoms with Crippen LogP contribution in [0.5, 0.6) is 0 Å². The van der Waals surface area contributed by atoms with Gasteiger partial charge in [-0.05, 0) is 31.2 Å². The van der Waals surface area contributed by atoms with Crippen LogP contribution in [0.2, 0.25) is 5.02 Å². The van der Waals surface area contributed by atoms with Crippen LogP contribution in [0, 0.1) is 11.6 Å². The first-order valence-electron chi connectivity index (χ1n) is 8.56. The Morgan fingerprint density at radius 3 is 2.70 bits per heavy atom. The molecule has 138 valence electrons. The molecule has 2 aliphatic rings. The number of rotatable bonds is 3. The van der Waals surface area contributed by atoms with Crippen molar-refractivity contribution in [2.45, 2.75) is 12.0 Å². The number of pyridine rings is 1. The summed E-state index contributed by atoms with van der Waals surface area (Å²) in [5.41, 5.74) is 1.40. The molecule has 2 fully saturated rings. The van der Waals surface area contributed by atoms with Crippen LogP contribution in [0.15, 0.2) is 30.6 Å². The van der Waals surface area contributed by atoms with Gasteiger partial charge in [-0.15, -0.1) is 0 Å². The number of anilines is 3. The summed E-state index contributed by atoms with van der Waals surface area (Å²) in [5, 5.41) is 6.14. The van der Waals surface area contributed by atoms with Crippen LogP contribution < -0.4 is 15.5 Å². The van der Waals surface area contributed by atoms with Gasteiger partial charge in [0.2, 0.25) is 0 Å². The van der Waals surface area contributed by atoms with E-state index < -0.39 is 11.6 Å². The first-order valence-corrected chi connectivity index (χ1v) is 8.94. The van der Waals surface area contributed by atoms with Gasteiger partial charge in [-0.3, -0.25) is 0 Å². The van der Waals surface area contributed by atoms with Crippen molar-refractivity contribution >= 4 is 40.0 Å². The Labute approximate surface area is 158 Å². The van der Waals surface area contributed by atoms with Crippen LogP contribution in [0.25, 0.3) is 11.0 Å². The average molecular weight is 389 g/mol. The smallest absolute Gasteiger partial charge is 0.160 e. The van der Waals surface area contributed by atoms with Gasteiger partial charge in [0, 0.05) is 19.2 Å². The number of nitrogens with one attached hydrogen (secondary N) is 2. The van der Waals surface area contributed by atoms with Gasteiger partial charge in [0.05, 0.1) is 21.8 Å². The Morgan fingerprint density at radius 1 is 1.15 bits per heavy atom. The molecule has 3 aromatic rings. The normalized spacial score (nSPS) is 17.7. The Balaban J connectivity index is 1.49. The van der Waals surface area contributed by atoms with Gasteiger partial charge >= 0.3 is 0 Å².